The van der Waals surface area contributed by atoms with Crippen molar-refractivity contribution < 1.29 is 4.43 Å². The lowest BCUT2D eigenvalue weighted by molar-refractivity contribution is 0.219. The number of rotatable bonds is 12. The Bertz CT molecular complexity index is 445. The van der Waals surface area contributed by atoms with Gasteiger partial charge in [0.15, 0.2) is 8.32 Å². The van der Waals surface area contributed by atoms with Gasteiger partial charge in [-0.05, 0) is 56.3 Å². The first kappa shape index (κ1) is 25.5. The van der Waals surface area contributed by atoms with Crippen molar-refractivity contribution in [3.63, 3.8) is 0 Å². The first-order chi connectivity index (χ1) is 12.1. The van der Waals surface area contributed by atoms with Crippen LogP contribution in [0.25, 0.3) is 0 Å². The molecule has 0 spiro atoms. The highest BCUT2D eigenvalue weighted by Gasteiger charge is 2.38. The molecular formula is C24H46OSi. The van der Waals surface area contributed by atoms with E-state index in [9.17, 15) is 0 Å². The van der Waals surface area contributed by atoms with Gasteiger partial charge in [-0.2, -0.15) is 0 Å². The summed E-state index contributed by atoms with van der Waals surface area (Å²) in [5.41, 5.74) is 1.20. The fraction of sp³-hybridized carbons (Fsp3) is 0.833. The fourth-order valence-electron chi connectivity index (χ4n) is 2.58. The molecule has 0 saturated carbocycles. The van der Waals surface area contributed by atoms with Crippen molar-refractivity contribution in [1.82, 2.24) is 0 Å². The molecule has 1 nitrogen and oxygen atoms in total. The lowest BCUT2D eigenvalue weighted by Gasteiger charge is -2.38. The second-order valence-electron chi connectivity index (χ2n) is 9.22. The molecule has 0 saturated heterocycles. The summed E-state index contributed by atoms with van der Waals surface area (Å²) >= 11 is 0. The second kappa shape index (κ2) is 13.6. The minimum absolute atomic E-state index is 0.0940. The molecule has 0 N–H and O–H groups in total. The number of hydrogen-bond donors (Lipinski definition) is 0. The van der Waals surface area contributed by atoms with Gasteiger partial charge in [-0.25, -0.2) is 0 Å². The third kappa shape index (κ3) is 12.0. The van der Waals surface area contributed by atoms with E-state index in [0.29, 0.717) is 0 Å². The first-order valence-electron chi connectivity index (χ1n) is 11.0. The van der Waals surface area contributed by atoms with Gasteiger partial charge < -0.3 is 4.43 Å². The molecule has 0 aromatic heterocycles. The number of allylic oxidation sites excluding steroid dienone is 2. The number of unbranched alkanes of at least 4 members (excludes halogenated alkanes) is 7. The zero-order valence-corrected chi connectivity index (χ0v) is 20.1. The van der Waals surface area contributed by atoms with Crippen LogP contribution in [0.5, 0.6) is 0 Å². The van der Waals surface area contributed by atoms with Crippen LogP contribution in [0.3, 0.4) is 0 Å². The highest BCUT2D eigenvalue weighted by Crippen LogP contribution is 2.37. The van der Waals surface area contributed by atoms with Crippen molar-refractivity contribution in [3.05, 3.63) is 11.6 Å². The van der Waals surface area contributed by atoms with Crippen LogP contribution < -0.4 is 0 Å². The normalized spacial score (nSPS) is 14.1. The van der Waals surface area contributed by atoms with Gasteiger partial charge in [-0.1, -0.05) is 91.1 Å². The molecule has 0 amide bonds. The Morgan fingerprint density at radius 3 is 2.12 bits per heavy atom. The van der Waals surface area contributed by atoms with Crippen LogP contribution in [0, 0.1) is 11.8 Å². The highest BCUT2D eigenvalue weighted by molar-refractivity contribution is 6.74. The molecule has 0 aliphatic rings. The van der Waals surface area contributed by atoms with E-state index in [1.807, 2.05) is 0 Å². The van der Waals surface area contributed by atoms with E-state index < -0.39 is 8.32 Å². The van der Waals surface area contributed by atoms with E-state index in [1.54, 1.807) is 0 Å². The second-order valence-corrected chi connectivity index (χ2v) is 14.0. The van der Waals surface area contributed by atoms with Crippen molar-refractivity contribution in [3.8, 4) is 11.8 Å². The Morgan fingerprint density at radius 2 is 1.54 bits per heavy atom. The summed E-state index contributed by atoms with van der Waals surface area (Å²) < 4.78 is 6.64. The van der Waals surface area contributed by atoms with Gasteiger partial charge in [-0.15, -0.1) is 0 Å². The third-order valence-electron chi connectivity index (χ3n) is 5.50. The molecule has 0 heterocycles. The molecule has 1 atom stereocenters. The van der Waals surface area contributed by atoms with Crippen LogP contribution in [-0.2, 0) is 4.43 Å². The van der Waals surface area contributed by atoms with E-state index in [2.05, 4.69) is 72.6 Å². The van der Waals surface area contributed by atoms with Crippen LogP contribution in [0.2, 0.25) is 18.1 Å². The molecular weight excluding hydrogens is 332 g/mol. The van der Waals surface area contributed by atoms with Crippen molar-refractivity contribution in [2.75, 3.05) is 0 Å². The van der Waals surface area contributed by atoms with Crippen LogP contribution in [0.4, 0.5) is 0 Å². The highest BCUT2D eigenvalue weighted by atomic mass is 28.4. The average Bonchev–Trinajstić information content (AvgIpc) is 2.55. The summed E-state index contributed by atoms with van der Waals surface area (Å²) in [5, 5.41) is 0.236. The van der Waals surface area contributed by atoms with E-state index in [1.165, 1.54) is 56.9 Å². The van der Waals surface area contributed by atoms with Gasteiger partial charge in [0.05, 0.1) is 0 Å². The van der Waals surface area contributed by atoms with Gasteiger partial charge in [0, 0.05) is 0 Å². The minimum Gasteiger partial charge on any atom is -0.403 e. The lowest BCUT2D eigenvalue weighted by atomic mass is 10.1. The summed E-state index contributed by atoms with van der Waals surface area (Å²) in [6, 6.07) is 0. The van der Waals surface area contributed by atoms with Crippen LogP contribution in [0.15, 0.2) is 11.6 Å². The Balaban J connectivity index is 4.85. The van der Waals surface area contributed by atoms with Gasteiger partial charge in [0.25, 0.3) is 0 Å². The third-order valence-corrected chi connectivity index (χ3v) is 9.99. The van der Waals surface area contributed by atoms with Crippen LogP contribution >= 0.6 is 0 Å². The summed E-state index contributed by atoms with van der Waals surface area (Å²) in [6.45, 7) is 18.3. The van der Waals surface area contributed by atoms with Crippen molar-refractivity contribution in [2.24, 2.45) is 0 Å². The summed E-state index contributed by atoms with van der Waals surface area (Å²) in [5.74, 6) is 6.87. The minimum atomic E-state index is -1.77. The fourth-order valence-corrected chi connectivity index (χ4v) is 3.83. The molecule has 26 heavy (non-hydrogen) atoms. The molecule has 0 aromatic rings. The Labute approximate surface area is 166 Å². The monoisotopic (exact) mass is 378 g/mol. The molecule has 0 radical (unpaired) electrons. The zero-order valence-electron chi connectivity index (χ0n) is 19.1. The quantitative estimate of drug-likeness (QED) is 0.188. The number of hydrogen-bond acceptors (Lipinski definition) is 1. The van der Waals surface area contributed by atoms with Crippen LogP contribution in [0.1, 0.15) is 106 Å². The maximum atomic E-state index is 6.64. The molecule has 0 aliphatic heterocycles. The van der Waals surface area contributed by atoms with Gasteiger partial charge >= 0.3 is 0 Å². The van der Waals surface area contributed by atoms with Gasteiger partial charge in [0.1, 0.15) is 6.10 Å². The molecule has 2 heteroatoms. The van der Waals surface area contributed by atoms with E-state index in [-0.39, 0.29) is 11.1 Å². The molecule has 0 fully saturated rings. The van der Waals surface area contributed by atoms with Gasteiger partial charge in [0.2, 0.25) is 0 Å². The molecule has 0 rings (SSSR count). The summed E-state index contributed by atoms with van der Waals surface area (Å²) in [7, 11) is -1.77. The van der Waals surface area contributed by atoms with Crippen molar-refractivity contribution in [2.45, 2.75) is 130 Å². The maximum absolute atomic E-state index is 6.64. The summed E-state index contributed by atoms with van der Waals surface area (Å²) in [4.78, 5) is 0. The Hall–Kier alpha value is -0.523. The summed E-state index contributed by atoms with van der Waals surface area (Å²) in [6.07, 6.45) is 15.0. The standard InChI is InChI=1S/C24H46OSi/c1-9-11-13-15-17-19-23(25-26(7,8)24(4,5)6)21-20-22(3)18-16-14-12-10-2/h18,23H,9-17,19H2,1-8H3/b22-18+. The molecule has 0 aromatic carbocycles. The van der Waals surface area contributed by atoms with E-state index in [4.69, 9.17) is 4.43 Å². The Kier molecular flexibility index (Phi) is 13.3. The average molecular weight is 379 g/mol. The first-order valence-corrected chi connectivity index (χ1v) is 13.9. The van der Waals surface area contributed by atoms with Crippen LogP contribution in [-0.4, -0.2) is 14.4 Å². The zero-order chi connectivity index (χ0) is 20.1. The predicted molar refractivity (Wildman–Crippen MR) is 121 cm³/mol. The Morgan fingerprint density at radius 1 is 0.962 bits per heavy atom. The molecule has 0 bridgehead atoms. The molecule has 1 unspecified atom stereocenters. The lowest BCUT2D eigenvalue weighted by Crippen LogP contribution is -2.43. The predicted octanol–water partition coefficient (Wildman–Crippen LogP) is 8.27. The smallest absolute Gasteiger partial charge is 0.193 e. The van der Waals surface area contributed by atoms with Crippen molar-refractivity contribution in [1.29, 1.82) is 0 Å². The SMILES string of the molecule is CCCCC/C=C(\C)C#CC(CCCCCCC)O[Si](C)(C)C(C)(C)C. The molecule has 152 valence electrons. The van der Waals surface area contributed by atoms with Crippen molar-refractivity contribution >= 4 is 8.32 Å². The van der Waals surface area contributed by atoms with Gasteiger partial charge in [-0.3, -0.25) is 0 Å². The van der Waals surface area contributed by atoms with E-state index in [0.717, 1.165) is 12.8 Å². The van der Waals surface area contributed by atoms with E-state index >= 15 is 0 Å². The largest absolute Gasteiger partial charge is 0.403 e. The molecule has 0 aliphatic carbocycles. The maximum Gasteiger partial charge on any atom is 0.193 e. The topological polar surface area (TPSA) is 9.23 Å².